The van der Waals surface area contributed by atoms with Gasteiger partial charge in [0.2, 0.25) is 0 Å². The molecule has 0 radical (unpaired) electrons. The minimum atomic E-state index is -0.244. The number of allylic oxidation sites excluding steroid dienone is 2. The van der Waals surface area contributed by atoms with E-state index >= 15 is 0 Å². The maximum Gasteiger partial charge on any atom is 0.302 e. The molecule has 178 valence electrons. The van der Waals surface area contributed by atoms with Crippen molar-refractivity contribution in [3.05, 3.63) is 35.2 Å². The number of nitrogens with zero attached hydrogens (tertiary/aromatic N) is 2. The standard InChI is InChI=1S/C28H38N2O3/c1-17(2)30-21(10-13-29-30)14-19-15-25-23-7-6-20-16-22(33-18(3)31)8-11-27(20,4)24(23)9-12-28(25,5)26(19)32/h6,10,13-14,17,22-25H,7-9,11-12,15-16H2,1-5H3/b19-14+/t22-,23-,24+,25+,27-,28-/m0/s1. The maximum absolute atomic E-state index is 13.7. The fourth-order valence-corrected chi connectivity index (χ4v) is 7.81. The molecule has 5 nitrogen and oxygen atoms in total. The van der Waals surface area contributed by atoms with Gasteiger partial charge < -0.3 is 4.74 Å². The first-order chi connectivity index (χ1) is 15.6. The number of hydrogen-bond acceptors (Lipinski definition) is 4. The summed E-state index contributed by atoms with van der Waals surface area (Å²) in [5.74, 6) is 1.76. The predicted octanol–water partition coefficient (Wildman–Crippen LogP) is 5.92. The van der Waals surface area contributed by atoms with Crippen molar-refractivity contribution >= 4 is 17.8 Å². The van der Waals surface area contributed by atoms with E-state index in [1.54, 1.807) is 0 Å². The molecule has 0 N–H and O–H groups in total. The van der Waals surface area contributed by atoms with Crippen LogP contribution in [0.5, 0.6) is 0 Å². The lowest BCUT2D eigenvalue weighted by Crippen LogP contribution is -2.50. The highest BCUT2D eigenvalue weighted by molar-refractivity contribution is 6.05. The lowest BCUT2D eigenvalue weighted by molar-refractivity contribution is -0.148. The zero-order valence-electron chi connectivity index (χ0n) is 20.8. The van der Waals surface area contributed by atoms with E-state index in [4.69, 9.17) is 4.74 Å². The van der Waals surface area contributed by atoms with E-state index < -0.39 is 0 Å². The van der Waals surface area contributed by atoms with Gasteiger partial charge in [-0.05, 0) is 93.3 Å². The van der Waals surface area contributed by atoms with Crippen molar-refractivity contribution in [1.29, 1.82) is 0 Å². The molecule has 0 bridgehead atoms. The molecule has 0 amide bonds. The van der Waals surface area contributed by atoms with Crippen LogP contribution in [0, 0.1) is 28.6 Å². The molecule has 1 heterocycles. The van der Waals surface area contributed by atoms with Crippen LogP contribution < -0.4 is 0 Å². The van der Waals surface area contributed by atoms with Crippen LogP contribution in [0.1, 0.15) is 91.3 Å². The van der Waals surface area contributed by atoms with Gasteiger partial charge in [0.05, 0.1) is 5.69 Å². The lowest BCUT2D eigenvalue weighted by atomic mass is 9.48. The molecule has 1 aromatic rings. The van der Waals surface area contributed by atoms with E-state index in [1.807, 2.05) is 16.9 Å². The Bertz CT molecular complexity index is 1030. The van der Waals surface area contributed by atoms with Crippen LogP contribution in [0.3, 0.4) is 0 Å². The second-order valence-corrected chi connectivity index (χ2v) is 11.7. The van der Waals surface area contributed by atoms with Crippen molar-refractivity contribution in [1.82, 2.24) is 9.78 Å². The first kappa shape index (κ1) is 22.6. The number of esters is 1. The van der Waals surface area contributed by atoms with E-state index in [-0.39, 0.29) is 28.9 Å². The molecule has 4 aliphatic carbocycles. The molecule has 0 spiro atoms. The molecule has 5 rings (SSSR count). The fourth-order valence-electron chi connectivity index (χ4n) is 7.81. The van der Waals surface area contributed by atoms with Gasteiger partial charge in [-0.2, -0.15) is 5.10 Å². The molecule has 1 aromatic heterocycles. The summed E-state index contributed by atoms with van der Waals surface area (Å²) in [6, 6.07) is 2.29. The van der Waals surface area contributed by atoms with Crippen LogP contribution in [0.4, 0.5) is 0 Å². The summed E-state index contributed by atoms with van der Waals surface area (Å²) in [5.41, 5.74) is 3.45. The summed E-state index contributed by atoms with van der Waals surface area (Å²) in [7, 11) is 0. The zero-order valence-corrected chi connectivity index (χ0v) is 20.8. The number of aromatic nitrogens is 2. The van der Waals surface area contributed by atoms with Gasteiger partial charge in [-0.25, -0.2) is 0 Å². The summed E-state index contributed by atoms with van der Waals surface area (Å²) >= 11 is 0. The van der Waals surface area contributed by atoms with Gasteiger partial charge in [0, 0.05) is 31.0 Å². The SMILES string of the molecule is CC(=O)O[C@H]1CC[C@@]2(C)C(=CC[C@H]3[C@H]2CC[C@]2(C)C(=O)/C(=C/c4ccnn4C(C)C)C[C@H]32)C1. The molecule has 3 fully saturated rings. The van der Waals surface area contributed by atoms with Crippen molar-refractivity contribution in [2.45, 2.75) is 91.7 Å². The van der Waals surface area contributed by atoms with Crippen molar-refractivity contribution in [2.24, 2.45) is 28.6 Å². The van der Waals surface area contributed by atoms with Gasteiger partial charge >= 0.3 is 5.97 Å². The van der Waals surface area contributed by atoms with Crippen LogP contribution in [0.25, 0.3) is 6.08 Å². The van der Waals surface area contributed by atoms with Crippen LogP contribution in [-0.2, 0) is 14.3 Å². The van der Waals surface area contributed by atoms with Crippen molar-refractivity contribution in [2.75, 3.05) is 0 Å². The van der Waals surface area contributed by atoms with E-state index in [0.29, 0.717) is 23.5 Å². The summed E-state index contributed by atoms with van der Waals surface area (Å²) in [5, 5.41) is 4.46. The number of fused-ring (bicyclic) bond motifs is 5. The molecule has 0 saturated heterocycles. The number of Topliss-reactive ketones (excluding diaryl/α,β-unsaturated/α-hetero) is 1. The molecular weight excluding hydrogens is 412 g/mol. The molecule has 4 aliphatic rings. The van der Waals surface area contributed by atoms with Crippen LogP contribution in [0.2, 0.25) is 0 Å². The number of carbonyl (C=O) groups excluding carboxylic acids is 2. The number of rotatable bonds is 3. The Labute approximate surface area is 197 Å². The Balaban J connectivity index is 1.43. The quantitative estimate of drug-likeness (QED) is 0.326. The minimum absolute atomic E-state index is 0.0284. The lowest BCUT2D eigenvalue weighted by Gasteiger charge is -2.56. The van der Waals surface area contributed by atoms with E-state index in [2.05, 4.69) is 44.9 Å². The number of ether oxygens (including phenoxy) is 1. The average molecular weight is 451 g/mol. The highest BCUT2D eigenvalue weighted by Gasteiger charge is 2.60. The zero-order chi connectivity index (χ0) is 23.5. The summed E-state index contributed by atoms with van der Waals surface area (Å²) in [4.78, 5) is 25.2. The van der Waals surface area contributed by atoms with Gasteiger partial charge in [0.15, 0.2) is 5.78 Å². The van der Waals surface area contributed by atoms with E-state index in [0.717, 1.165) is 56.2 Å². The molecule has 0 aromatic carbocycles. The highest BCUT2D eigenvalue weighted by Crippen LogP contribution is 2.64. The van der Waals surface area contributed by atoms with Crippen molar-refractivity contribution in [3.8, 4) is 0 Å². The summed E-state index contributed by atoms with van der Waals surface area (Å²) in [6.07, 6.45) is 13.4. The summed E-state index contributed by atoms with van der Waals surface area (Å²) < 4.78 is 7.58. The van der Waals surface area contributed by atoms with Gasteiger partial charge in [-0.1, -0.05) is 25.5 Å². The first-order valence-corrected chi connectivity index (χ1v) is 12.8. The third-order valence-corrected chi connectivity index (χ3v) is 9.54. The second kappa shape index (κ2) is 7.95. The van der Waals surface area contributed by atoms with E-state index in [9.17, 15) is 9.59 Å². The molecule has 0 unspecified atom stereocenters. The van der Waals surface area contributed by atoms with Crippen molar-refractivity contribution in [3.63, 3.8) is 0 Å². The van der Waals surface area contributed by atoms with Crippen LogP contribution in [0.15, 0.2) is 29.5 Å². The molecule has 6 atom stereocenters. The maximum atomic E-state index is 13.7. The first-order valence-electron chi connectivity index (χ1n) is 12.8. The number of carbonyl (C=O) groups is 2. The Hall–Kier alpha value is -2.17. The average Bonchev–Trinajstić information content (AvgIpc) is 3.32. The summed E-state index contributed by atoms with van der Waals surface area (Å²) in [6.45, 7) is 10.4. The molecule has 5 heteroatoms. The molecular formula is C28H38N2O3. The second-order valence-electron chi connectivity index (χ2n) is 11.7. The largest absolute Gasteiger partial charge is 0.462 e. The third-order valence-electron chi connectivity index (χ3n) is 9.54. The number of hydrogen-bond donors (Lipinski definition) is 0. The number of ketones is 1. The molecule has 33 heavy (non-hydrogen) atoms. The van der Waals surface area contributed by atoms with Gasteiger partial charge in [-0.3, -0.25) is 14.3 Å². The normalized spacial score (nSPS) is 39.2. The minimum Gasteiger partial charge on any atom is -0.462 e. The fraction of sp³-hybridized carbons (Fsp3) is 0.679. The van der Waals surface area contributed by atoms with Crippen LogP contribution >= 0.6 is 0 Å². The predicted molar refractivity (Wildman–Crippen MR) is 128 cm³/mol. The monoisotopic (exact) mass is 450 g/mol. The smallest absolute Gasteiger partial charge is 0.302 e. The van der Waals surface area contributed by atoms with Crippen molar-refractivity contribution < 1.29 is 14.3 Å². The Morgan fingerprint density at radius 2 is 1.94 bits per heavy atom. The van der Waals surface area contributed by atoms with Gasteiger partial charge in [0.25, 0.3) is 0 Å². The Morgan fingerprint density at radius 1 is 1.18 bits per heavy atom. The Kier molecular flexibility index (Phi) is 5.45. The molecule has 3 saturated carbocycles. The van der Waals surface area contributed by atoms with Crippen LogP contribution in [-0.4, -0.2) is 27.6 Å². The molecule has 0 aliphatic heterocycles. The van der Waals surface area contributed by atoms with E-state index in [1.165, 1.54) is 12.5 Å². The van der Waals surface area contributed by atoms with Gasteiger partial charge in [-0.15, -0.1) is 0 Å². The Morgan fingerprint density at radius 3 is 2.67 bits per heavy atom. The topological polar surface area (TPSA) is 61.2 Å². The highest BCUT2D eigenvalue weighted by atomic mass is 16.5. The third kappa shape index (κ3) is 3.54. The van der Waals surface area contributed by atoms with Gasteiger partial charge in [0.1, 0.15) is 6.10 Å².